The number of hydrogen-bond acceptors (Lipinski definition) is 7. The first-order valence-corrected chi connectivity index (χ1v) is 12.0. The van der Waals surface area contributed by atoms with Crippen LogP contribution >= 0.6 is 35.0 Å². The topological polar surface area (TPSA) is 153 Å². The lowest BCUT2D eigenvalue weighted by molar-refractivity contribution is -0.141. The second-order valence-electron chi connectivity index (χ2n) is 7.31. The zero-order valence-electron chi connectivity index (χ0n) is 17.5. The van der Waals surface area contributed by atoms with Gasteiger partial charge in [-0.2, -0.15) is 11.8 Å². The summed E-state index contributed by atoms with van der Waals surface area (Å²) in [6.45, 7) is 0.263. The average Bonchev–Trinajstić information content (AvgIpc) is 3.25. The van der Waals surface area contributed by atoms with Crippen molar-refractivity contribution >= 4 is 64.9 Å². The molecule has 1 aromatic carbocycles. The van der Waals surface area contributed by atoms with Crippen LogP contribution in [0.2, 0.25) is 10.0 Å². The number of carboxylic acids is 1. The highest BCUT2D eigenvalue weighted by Gasteiger charge is 2.38. The monoisotopic (exact) mass is 519 g/mol. The summed E-state index contributed by atoms with van der Waals surface area (Å²) in [6, 6.07) is -0.654. The van der Waals surface area contributed by atoms with Gasteiger partial charge in [0.2, 0.25) is 11.8 Å². The number of aromatic hydroxyl groups is 1. The lowest BCUT2D eigenvalue weighted by Crippen LogP contribution is -2.55. The number of amides is 3. The molecule has 1 aliphatic heterocycles. The predicted molar refractivity (Wildman–Crippen MR) is 123 cm³/mol. The summed E-state index contributed by atoms with van der Waals surface area (Å²) in [5.41, 5.74) is 0.0416. The first-order valence-electron chi connectivity index (χ1n) is 9.84. The molecule has 2 rings (SSSR count). The lowest BCUT2D eigenvalue weighted by atomic mass is 10.1. The normalized spacial score (nSPS) is 17.2. The van der Waals surface area contributed by atoms with Crippen LogP contribution in [0, 0.1) is 0 Å². The summed E-state index contributed by atoms with van der Waals surface area (Å²) >= 11 is 13.0. The van der Waals surface area contributed by atoms with E-state index in [2.05, 4.69) is 10.6 Å². The van der Waals surface area contributed by atoms with E-state index in [9.17, 15) is 29.1 Å². The van der Waals surface area contributed by atoms with Crippen LogP contribution in [0.1, 0.15) is 29.6 Å². The number of aliphatic carboxylic acids is 1. The Kier molecular flexibility index (Phi) is 9.81. The second-order valence-corrected chi connectivity index (χ2v) is 9.03. The standard InChI is InChI=1S/C20H23Cl2N3O7S/c1-33-9-14(24-18(30)10-5-12(21)17(29)13(22)6-10)20(32)25-4-2-3-15(25)19(31)23-11(8-26)7-16(27)28/h5-6,8,11,14-15,29H,2-4,7,9H2,1H3,(H,23,31)(H,24,30)(H,27,28)/t11-,14-,15-/m0/s1. The molecule has 3 atom stereocenters. The van der Waals surface area contributed by atoms with E-state index in [1.165, 1.54) is 28.8 Å². The van der Waals surface area contributed by atoms with Gasteiger partial charge in [-0.3, -0.25) is 19.2 Å². The van der Waals surface area contributed by atoms with Crippen molar-refractivity contribution in [2.24, 2.45) is 0 Å². The first kappa shape index (κ1) is 26.7. The van der Waals surface area contributed by atoms with Gasteiger partial charge in [-0.25, -0.2) is 0 Å². The van der Waals surface area contributed by atoms with Gasteiger partial charge in [0, 0.05) is 17.9 Å². The highest BCUT2D eigenvalue weighted by atomic mass is 35.5. The van der Waals surface area contributed by atoms with Gasteiger partial charge in [0.15, 0.2) is 5.75 Å². The number of halogens is 2. The molecule has 0 saturated carbocycles. The van der Waals surface area contributed by atoms with Crippen LogP contribution in [-0.2, 0) is 19.2 Å². The molecule has 1 saturated heterocycles. The molecule has 33 heavy (non-hydrogen) atoms. The van der Waals surface area contributed by atoms with Gasteiger partial charge in [0.1, 0.15) is 18.4 Å². The molecule has 0 spiro atoms. The summed E-state index contributed by atoms with van der Waals surface area (Å²) in [5.74, 6) is -3.17. The Morgan fingerprint density at radius 2 is 1.88 bits per heavy atom. The molecule has 0 unspecified atom stereocenters. The van der Waals surface area contributed by atoms with Crippen molar-refractivity contribution in [2.45, 2.75) is 37.4 Å². The number of nitrogens with zero attached hydrogens (tertiary/aromatic N) is 1. The summed E-state index contributed by atoms with van der Waals surface area (Å²) in [6.07, 6.45) is 2.36. The number of aldehydes is 1. The number of benzene rings is 1. The molecule has 10 nitrogen and oxygen atoms in total. The quantitative estimate of drug-likeness (QED) is 0.337. The predicted octanol–water partition coefficient (Wildman–Crippen LogP) is 1.31. The molecule has 1 heterocycles. The van der Waals surface area contributed by atoms with Gasteiger partial charge in [-0.05, 0) is 31.2 Å². The number of phenols is 1. The van der Waals surface area contributed by atoms with E-state index >= 15 is 0 Å². The number of carbonyl (C=O) groups excluding carboxylic acids is 4. The Bertz CT molecular complexity index is 923. The fraction of sp³-hybridized carbons (Fsp3) is 0.450. The van der Waals surface area contributed by atoms with Crippen LogP contribution in [0.5, 0.6) is 5.75 Å². The molecular weight excluding hydrogens is 497 g/mol. The van der Waals surface area contributed by atoms with Crippen LogP contribution in [-0.4, -0.2) is 81.8 Å². The van der Waals surface area contributed by atoms with Gasteiger partial charge in [0.25, 0.3) is 5.91 Å². The molecule has 4 N–H and O–H groups in total. The molecular formula is C20H23Cl2N3O7S. The van der Waals surface area contributed by atoms with E-state index in [1.807, 2.05) is 0 Å². The molecule has 13 heteroatoms. The maximum Gasteiger partial charge on any atom is 0.305 e. The van der Waals surface area contributed by atoms with E-state index in [4.69, 9.17) is 28.3 Å². The number of likely N-dealkylation sites (tertiary alicyclic amines) is 1. The summed E-state index contributed by atoms with van der Waals surface area (Å²) in [4.78, 5) is 61.8. The van der Waals surface area contributed by atoms with E-state index in [0.29, 0.717) is 19.1 Å². The lowest BCUT2D eigenvalue weighted by Gasteiger charge is -2.29. The smallest absolute Gasteiger partial charge is 0.305 e. The van der Waals surface area contributed by atoms with Crippen molar-refractivity contribution in [3.05, 3.63) is 27.7 Å². The van der Waals surface area contributed by atoms with Crippen molar-refractivity contribution in [3.8, 4) is 5.75 Å². The summed E-state index contributed by atoms with van der Waals surface area (Å²) in [5, 5.41) is 23.2. The van der Waals surface area contributed by atoms with Crippen molar-refractivity contribution in [1.29, 1.82) is 0 Å². The minimum absolute atomic E-state index is 0.0416. The first-order chi connectivity index (χ1) is 15.6. The Morgan fingerprint density at radius 1 is 1.24 bits per heavy atom. The molecule has 1 aliphatic rings. The van der Waals surface area contributed by atoms with Crippen molar-refractivity contribution in [2.75, 3.05) is 18.6 Å². The van der Waals surface area contributed by atoms with Gasteiger partial charge in [-0.1, -0.05) is 23.2 Å². The van der Waals surface area contributed by atoms with Crippen LogP contribution in [0.25, 0.3) is 0 Å². The number of hydrogen-bond donors (Lipinski definition) is 4. The van der Waals surface area contributed by atoms with E-state index in [1.54, 1.807) is 6.26 Å². The highest BCUT2D eigenvalue weighted by molar-refractivity contribution is 7.98. The molecule has 180 valence electrons. The van der Waals surface area contributed by atoms with Crippen LogP contribution in [0.15, 0.2) is 12.1 Å². The van der Waals surface area contributed by atoms with Gasteiger partial charge >= 0.3 is 5.97 Å². The van der Waals surface area contributed by atoms with Gasteiger partial charge in [0.05, 0.1) is 22.5 Å². The van der Waals surface area contributed by atoms with Gasteiger partial charge < -0.3 is 30.5 Å². The third kappa shape index (κ3) is 6.99. The maximum absolute atomic E-state index is 13.2. The summed E-state index contributed by atoms with van der Waals surface area (Å²) in [7, 11) is 0. The Balaban J connectivity index is 2.15. The SMILES string of the molecule is CSC[C@H](NC(=O)c1cc(Cl)c(O)c(Cl)c1)C(=O)N1CCC[C@H]1C(=O)N[C@H](C=O)CC(=O)O. The number of nitrogens with one attached hydrogen (secondary N) is 2. The number of carbonyl (C=O) groups is 5. The molecule has 3 amide bonds. The fourth-order valence-electron chi connectivity index (χ4n) is 3.38. The molecule has 0 aliphatic carbocycles. The Labute approximate surface area is 204 Å². The van der Waals surface area contributed by atoms with Crippen molar-refractivity contribution in [1.82, 2.24) is 15.5 Å². The zero-order chi connectivity index (χ0) is 24.7. The summed E-state index contributed by atoms with van der Waals surface area (Å²) < 4.78 is 0. The van der Waals surface area contributed by atoms with Gasteiger partial charge in [-0.15, -0.1) is 0 Å². The van der Waals surface area contributed by atoms with Crippen LogP contribution in [0.3, 0.4) is 0 Å². The van der Waals surface area contributed by atoms with Crippen molar-refractivity contribution < 1.29 is 34.2 Å². The minimum atomic E-state index is -1.25. The molecule has 1 fully saturated rings. The van der Waals surface area contributed by atoms with Crippen molar-refractivity contribution in [3.63, 3.8) is 0 Å². The zero-order valence-corrected chi connectivity index (χ0v) is 19.9. The second kappa shape index (κ2) is 12.1. The fourth-order valence-corrected chi connectivity index (χ4v) is 4.43. The Hall–Kier alpha value is -2.50. The number of carboxylic acid groups (broad SMARTS) is 1. The van der Waals surface area contributed by atoms with E-state index in [0.717, 1.165) is 0 Å². The number of thioether (sulfide) groups is 1. The average molecular weight is 520 g/mol. The van der Waals surface area contributed by atoms with Crippen LogP contribution < -0.4 is 10.6 Å². The highest BCUT2D eigenvalue weighted by Crippen LogP contribution is 2.32. The molecule has 0 bridgehead atoms. The van der Waals surface area contributed by atoms with E-state index in [-0.39, 0.29) is 33.7 Å². The largest absolute Gasteiger partial charge is 0.505 e. The molecule has 1 aromatic rings. The number of rotatable bonds is 10. The minimum Gasteiger partial charge on any atom is -0.505 e. The van der Waals surface area contributed by atoms with Crippen LogP contribution in [0.4, 0.5) is 0 Å². The molecule has 0 radical (unpaired) electrons. The van der Waals surface area contributed by atoms with E-state index < -0.39 is 48.2 Å². The third-order valence-corrected chi connectivity index (χ3v) is 6.18. The molecule has 0 aromatic heterocycles. The number of phenolic OH excluding ortho intramolecular Hbond substituents is 1. The third-order valence-electron chi connectivity index (χ3n) is 4.94. The Morgan fingerprint density at radius 3 is 2.42 bits per heavy atom. The maximum atomic E-state index is 13.2.